The maximum absolute atomic E-state index is 10.8. The van der Waals surface area contributed by atoms with Crippen molar-refractivity contribution in [3.63, 3.8) is 0 Å². The van der Waals surface area contributed by atoms with E-state index in [9.17, 15) is 4.79 Å². The summed E-state index contributed by atoms with van der Waals surface area (Å²) < 4.78 is 0. The monoisotopic (exact) mass is 188 g/mol. The molecule has 2 aromatic heterocycles. The van der Waals surface area contributed by atoms with Gasteiger partial charge in [0.15, 0.2) is 5.69 Å². The molecule has 0 spiro atoms. The first-order chi connectivity index (χ1) is 6.68. The molecule has 0 bridgehead atoms. The third kappa shape index (κ3) is 1.31. The van der Waals surface area contributed by atoms with Crippen molar-refractivity contribution in [2.45, 2.75) is 6.92 Å². The summed E-state index contributed by atoms with van der Waals surface area (Å²) in [4.78, 5) is 18.8. The van der Waals surface area contributed by atoms with Gasteiger partial charge in [0.05, 0.1) is 0 Å². The summed E-state index contributed by atoms with van der Waals surface area (Å²) in [5, 5.41) is 10.3. The van der Waals surface area contributed by atoms with E-state index in [0.29, 0.717) is 5.39 Å². The van der Waals surface area contributed by atoms with Gasteiger partial charge >= 0.3 is 5.97 Å². The Kier molecular flexibility index (Phi) is 1.89. The SMILES string of the molecule is Cc1cc2c(C(=O)O)nccc2cn1. The van der Waals surface area contributed by atoms with Crippen LogP contribution in [0.1, 0.15) is 16.2 Å². The van der Waals surface area contributed by atoms with Crippen molar-refractivity contribution >= 4 is 16.7 Å². The molecule has 0 radical (unpaired) electrons. The molecular formula is C10H8N2O2. The molecule has 0 aliphatic carbocycles. The molecule has 2 rings (SSSR count). The summed E-state index contributed by atoms with van der Waals surface area (Å²) in [5.74, 6) is -1.01. The highest BCUT2D eigenvalue weighted by molar-refractivity contribution is 6.01. The third-order valence-electron chi connectivity index (χ3n) is 1.99. The largest absolute Gasteiger partial charge is 0.476 e. The molecular weight excluding hydrogens is 180 g/mol. The van der Waals surface area contributed by atoms with Gasteiger partial charge in [0.1, 0.15) is 0 Å². The average Bonchev–Trinajstić information content (AvgIpc) is 2.16. The van der Waals surface area contributed by atoms with Gasteiger partial charge in [-0.05, 0) is 19.1 Å². The van der Waals surface area contributed by atoms with Gasteiger partial charge in [-0.2, -0.15) is 0 Å². The van der Waals surface area contributed by atoms with Gasteiger partial charge < -0.3 is 5.11 Å². The fourth-order valence-corrected chi connectivity index (χ4v) is 1.34. The van der Waals surface area contributed by atoms with Gasteiger partial charge in [0, 0.05) is 28.9 Å². The first kappa shape index (κ1) is 8.62. The molecule has 0 aliphatic rings. The van der Waals surface area contributed by atoms with E-state index in [2.05, 4.69) is 9.97 Å². The Morgan fingerprint density at radius 2 is 2.21 bits per heavy atom. The molecule has 4 nitrogen and oxygen atoms in total. The second kappa shape index (κ2) is 3.06. The molecule has 0 fully saturated rings. The maximum Gasteiger partial charge on any atom is 0.355 e. The highest BCUT2D eigenvalue weighted by Gasteiger charge is 2.09. The lowest BCUT2D eigenvalue weighted by Gasteiger charge is -2.01. The Morgan fingerprint density at radius 1 is 1.43 bits per heavy atom. The van der Waals surface area contributed by atoms with Crippen LogP contribution in [0, 0.1) is 6.92 Å². The minimum absolute atomic E-state index is 0.0769. The number of carboxylic acids is 1. The molecule has 2 aromatic rings. The number of carbonyl (C=O) groups is 1. The van der Waals surface area contributed by atoms with Crippen molar-refractivity contribution in [1.82, 2.24) is 9.97 Å². The predicted molar refractivity (Wildman–Crippen MR) is 51.2 cm³/mol. The fraction of sp³-hybridized carbons (Fsp3) is 0.100. The van der Waals surface area contributed by atoms with E-state index in [-0.39, 0.29) is 5.69 Å². The van der Waals surface area contributed by atoms with Crippen LogP contribution in [-0.2, 0) is 0 Å². The van der Waals surface area contributed by atoms with E-state index < -0.39 is 5.97 Å². The number of aryl methyl sites for hydroxylation is 1. The van der Waals surface area contributed by atoms with E-state index in [1.165, 1.54) is 6.20 Å². The average molecular weight is 188 g/mol. The Hall–Kier alpha value is -1.97. The van der Waals surface area contributed by atoms with Crippen molar-refractivity contribution in [3.05, 3.63) is 35.9 Å². The first-order valence-corrected chi connectivity index (χ1v) is 4.13. The molecule has 0 unspecified atom stereocenters. The first-order valence-electron chi connectivity index (χ1n) is 4.13. The lowest BCUT2D eigenvalue weighted by Crippen LogP contribution is -2.01. The van der Waals surface area contributed by atoms with E-state index in [1.807, 2.05) is 6.92 Å². The smallest absolute Gasteiger partial charge is 0.355 e. The molecule has 14 heavy (non-hydrogen) atoms. The predicted octanol–water partition coefficient (Wildman–Crippen LogP) is 1.64. The molecule has 0 saturated heterocycles. The normalized spacial score (nSPS) is 10.4. The van der Waals surface area contributed by atoms with Gasteiger partial charge in [-0.25, -0.2) is 9.78 Å². The van der Waals surface area contributed by atoms with E-state index in [0.717, 1.165) is 11.1 Å². The quantitative estimate of drug-likeness (QED) is 0.738. The number of hydrogen-bond donors (Lipinski definition) is 1. The van der Waals surface area contributed by atoms with Crippen LogP contribution in [-0.4, -0.2) is 21.0 Å². The number of hydrogen-bond acceptors (Lipinski definition) is 3. The molecule has 1 N–H and O–H groups in total. The molecule has 0 amide bonds. The maximum atomic E-state index is 10.8. The zero-order valence-corrected chi connectivity index (χ0v) is 7.56. The third-order valence-corrected chi connectivity index (χ3v) is 1.99. The molecule has 0 atom stereocenters. The van der Waals surface area contributed by atoms with E-state index >= 15 is 0 Å². The molecule has 70 valence electrons. The van der Waals surface area contributed by atoms with Crippen LogP contribution in [0.5, 0.6) is 0 Å². The van der Waals surface area contributed by atoms with Crippen LogP contribution in [0.3, 0.4) is 0 Å². The zero-order valence-electron chi connectivity index (χ0n) is 7.56. The summed E-state index contributed by atoms with van der Waals surface area (Å²) in [6.07, 6.45) is 3.13. The lowest BCUT2D eigenvalue weighted by molar-refractivity contribution is 0.0693. The van der Waals surface area contributed by atoms with Gasteiger partial charge in [0.2, 0.25) is 0 Å². The molecule has 4 heteroatoms. The highest BCUT2D eigenvalue weighted by atomic mass is 16.4. The van der Waals surface area contributed by atoms with Crippen LogP contribution >= 0.6 is 0 Å². The summed E-state index contributed by atoms with van der Waals surface area (Å²) in [5.41, 5.74) is 0.862. The highest BCUT2D eigenvalue weighted by Crippen LogP contribution is 2.16. The number of aromatic carboxylic acids is 1. The summed E-state index contributed by atoms with van der Waals surface area (Å²) >= 11 is 0. The Labute approximate surface area is 80.2 Å². The van der Waals surface area contributed by atoms with E-state index in [1.54, 1.807) is 18.3 Å². The number of carboxylic acid groups (broad SMARTS) is 1. The summed E-state index contributed by atoms with van der Waals surface area (Å²) in [6.45, 7) is 1.82. The van der Waals surface area contributed by atoms with Gasteiger partial charge in [-0.15, -0.1) is 0 Å². The number of pyridine rings is 2. The van der Waals surface area contributed by atoms with Crippen LogP contribution < -0.4 is 0 Å². The van der Waals surface area contributed by atoms with Crippen molar-refractivity contribution in [3.8, 4) is 0 Å². The van der Waals surface area contributed by atoms with Gasteiger partial charge in [-0.3, -0.25) is 4.98 Å². The molecule has 2 heterocycles. The number of aromatic nitrogens is 2. The topological polar surface area (TPSA) is 63.1 Å². The van der Waals surface area contributed by atoms with Crippen molar-refractivity contribution in [2.24, 2.45) is 0 Å². The molecule has 0 aromatic carbocycles. The van der Waals surface area contributed by atoms with Crippen molar-refractivity contribution < 1.29 is 9.90 Å². The van der Waals surface area contributed by atoms with Crippen molar-refractivity contribution in [1.29, 1.82) is 0 Å². The number of rotatable bonds is 1. The molecule has 0 aliphatic heterocycles. The molecule has 0 saturated carbocycles. The fourth-order valence-electron chi connectivity index (χ4n) is 1.34. The Balaban J connectivity index is 2.84. The van der Waals surface area contributed by atoms with Crippen LogP contribution in [0.2, 0.25) is 0 Å². The minimum atomic E-state index is -1.01. The zero-order chi connectivity index (χ0) is 10.1. The second-order valence-electron chi connectivity index (χ2n) is 3.01. The lowest BCUT2D eigenvalue weighted by atomic mass is 10.1. The number of nitrogens with zero attached hydrogens (tertiary/aromatic N) is 2. The van der Waals surface area contributed by atoms with Gasteiger partial charge in [0.25, 0.3) is 0 Å². The summed E-state index contributed by atoms with van der Waals surface area (Å²) in [7, 11) is 0. The van der Waals surface area contributed by atoms with Crippen molar-refractivity contribution in [2.75, 3.05) is 0 Å². The van der Waals surface area contributed by atoms with Crippen LogP contribution in [0.25, 0.3) is 10.8 Å². The standard InChI is InChI=1S/C10H8N2O2/c1-6-4-8-7(5-12-6)2-3-11-9(8)10(13)14/h2-5H,1H3,(H,13,14). The van der Waals surface area contributed by atoms with Gasteiger partial charge in [-0.1, -0.05) is 0 Å². The van der Waals surface area contributed by atoms with Crippen LogP contribution in [0.15, 0.2) is 24.5 Å². The summed E-state index contributed by atoms with van der Waals surface area (Å²) in [6, 6.07) is 3.47. The Bertz CT molecular complexity index is 508. The second-order valence-corrected chi connectivity index (χ2v) is 3.01. The number of fused-ring (bicyclic) bond motifs is 1. The minimum Gasteiger partial charge on any atom is -0.476 e. The van der Waals surface area contributed by atoms with Crippen LogP contribution in [0.4, 0.5) is 0 Å². The van der Waals surface area contributed by atoms with E-state index in [4.69, 9.17) is 5.11 Å². The Morgan fingerprint density at radius 3 is 2.93 bits per heavy atom.